The van der Waals surface area contributed by atoms with Gasteiger partial charge in [-0.3, -0.25) is 14.9 Å². The molecule has 0 spiro atoms. The number of carbonyl (C=O) groups excluding carboxylic acids is 1. The third-order valence-electron chi connectivity index (χ3n) is 2.88. The van der Waals surface area contributed by atoms with Crippen LogP contribution in [-0.4, -0.2) is 15.8 Å². The van der Waals surface area contributed by atoms with Crippen molar-refractivity contribution in [1.82, 2.24) is 4.98 Å². The quantitative estimate of drug-likeness (QED) is 0.533. The van der Waals surface area contributed by atoms with Crippen molar-refractivity contribution in [2.45, 2.75) is 13.8 Å². The van der Waals surface area contributed by atoms with Crippen molar-refractivity contribution < 1.29 is 9.72 Å². The van der Waals surface area contributed by atoms with Gasteiger partial charge in [0.25, 0.3) is 5.69 Å². The second kappa shape index (κ2) is 6.62. The summed E-state index contributed by atoms with van der Waals surface area (Å²) >= 11 is 0. The minimum absolute atomic E-state index is 0.0148. The molecule has 2 rings (SSSR count). The molecule has 1 N–H and O–H groups in total. The number of non-ortho nitro benzene ring substituents is 1. The maximum Gasteiger partial charge on any atom is 0.269 e. The van der Waals surface area contributed by atoms with Gasteiger partial charge in [0, 0.05) is 23.9 Å². The molecule has 0 aliphatic heterocycles. The predicted octanol–water partition coefficient (Wildman–Crippen LogP) is 3.26. The Hall–Kier alpha value is -3.02. The molecule has 0 aliphatic carbocycles. The van der Waals surface area contributed by atoms with Gasteiger partial charge in [-0.25, -0.2) is 4.98 Å². The first-order valence-corrected chi connectivity index (χ1v) is 6.63. The van der Waals surface area contributed by atoms with Crippen molar-refractivity contribution in [1.29, 1.82) is 0 Å². The summed E-state index contributed by atoms with van der Waals surface area (Å²) in [7, 11) is 0. The lowest BCUT2D eigenvalue weighted by Gasteiger charge is -2.04. The minimum Gasteiger partial charge on any atom is -0.307 e. The lowest BCUT2D eigenvalue weighted by atomic mass is 10.2. The van der Waals surface area contributed by atoms with Crippen LogP contribution in [0, 0.1) is 24.0 Å². The molecular weight excluding hydrogens is 282 g/mol. The molecule has 0 bridgehead atoms. The number of nitro groups is 1. The van der Waals surface area contributed by atoms with Crippen LogP contribution in [0.2, 0.25) is 0 Å². The fourth-order valence-corrected chi connectivity index (χ4v) is 1.95. The predicted molar refractivity (Wildman–Crippen MR) is 84.5 cm³/mol. The first-order valence-electron chi connectivity index (χ1n) is 6.63. The first-order chi connectivity index (χ1) is 10.4. The zero-order valence-corrected chi connectivity index (χ0v) is 12.2. The van der Waals surface area contributed by atoms with Gasteiger partial charge < -0.3 is 5.32 Å². The number of hydrogen-bond donors (Lipinski definition) is 1. The summed E-state index contributed by atoms with van der Waals surface area (Å²) in [5, 5.41) is 13.2. The average Bonchev–Trinajstić information content (AvgIpc) is 2.44. The molecule has 6 heteroatoms. The van der Waals surface area contributed by atoms with E-state index >= 15 is 0 Å². The Morgan fingerprint density at radius 1 is 1.23 bits per heavy atom. The van der Waals surface area contributed by atoms with Crippen LogP contribution in [0.1, 0.15) is 16.8 Å². The molecule has 1 heterocycles. The number of benzene rings is 1. The lowest BCUT2D eigenvalue weighted by molar-refractivity contribution is -0.384. The van der Waals surface area contributed by atoms with Gasteiger partial charge in [0.15, 0.2) is 0 Å². The molecule has 0 unspecified atom stereocenters. The van der Waals surface area contributed by atoms with Crippen LogP contribution in [0.4, 0.5) is 11.5 Å². The molecular formula is C16H15N3O3. The number of aryl methyl sites for hydroxylation is 2. The average molecular weight is 297 g/mol. The van der Waals surface area contributed by atoms with Crippen LogP contribution < -0.4 is 5.32 Å². The normalized spacial score (nSPS) is 10.6. The molecule has 22 heavy (non-hydrogen) atoms. The summed E-state index contributed by atoms with van der Waals surface area (Å²) in [6.45, 7) is 3.78. The van der Waals surface area contributed by atoms with Crippen molar-refractivity contribution in [3.63, 3.8) is 0 Å². The van der Waals surface area contributed by atoms with Crippen LogP contribution in [-0.2, 0) is 4.79 Å². The van der Waals surface area contributed by atoms with Crippen molar-refractivity contribution >= 4 is 23.5 Å². The van der Waals surface area contributed by atoms with Gasteiger partial charge in [0.05, 0.1) is 4.92 Å². The van der Waals surface area contributed by atoms with E-state index in [0.717, 1.165) is 11.3 Å². The summed E-state index contributed by atoms with van der Waals surface area (Å²) in [6, 6.07) is 9.65. The monoisotopic (exact) mass is 297 g/mol. The van der Waals surface area contributed by atoms with Gasteiger partial charge in [-0.05, 0) is 55.3 Å². The SMILES string of the molecule is Cc1cc(C)nc(NC(=O)/C=C/c2ccc([N+](=O)[O-])cc2)c1. The number of nitrogens with zero attached hydrogens (tertiary/aromatic N) is 2. The van der Waals surface area contributed by atoms with Gasteiger partial charge in [-0.15, -0.1) is 0 Å². The molecule has 2 aromatic rings. The van der Waals surface area contributed by atoms with Gasteiger partial charge in [0.2, 0.25) is 5.91 Å². The number of rotatable bonds is 4. The zero-order valence-electron chi connectivity index (χ0n) is 12.2. The molecule has 0 atom stereocenters. The Kier molecular flexibility index (Phi) is 4.63. The third kappa shape index (κ3) is 4.24. The highest BCUT2D eigenvalue weighted by molar-refractivity contribution is 6.01. The van der Waals surface area contributed by atoms with Gasteiger partial charge in [0.1, 0.15) is 5.82 Å². The summed E-state index contributed by atoms with van der Waals surface area (Å²) in [5.41, 5.74) is 2.56. The fourth-order valence-electron chi connectivity index (χ4n) is 1.95. The second-order valence-electron chi connectivity index (χ2n) is 4.84. The van der Waals surface area contributed by atoms with E-state index in [-0.39, 0.29) is 11.6 Å². The van der Waals surface area contributed by atoms with Crippen LogP contribution >= 0.6 is 0 Å². The van der Waals surface area contributed by atoms with E-state index in [4.69, 9.17) is 0 Å². The summed E-state index contributed by atoms with van der Waals surface area (Å²) in [6.07, 6.45) is 2.95. The van der Waals surface area contributed by atoms with Crippen LogP contribution in [0.5, 0.6) is 0 Å². The Labute approximate surface area is 127 Å². The zero-order chi connectivity index (χ0) is 16.1. The number of carbonyl (C=O) groups is 1. The molecule has 0 radical (unpaired) electrons. The second-order valence-corrected chi connectivity index (χ2v) is 4.84. The Balaban J connectivity index is 2.03. The van der Waals surface area contributed by atoms with Crippen molar-refractivity contribution in [2.75, 3.05) is 5.32 Å². The van der Waals surface area contributed by atoms with Crippen LogP contribution in [0.15, 0.2) is 42.5 Å². The van der Waals surface area contributed by atoms with E-state index in [1.54, 1.807) is 24.3 Å². The van der Waals surface area contributed by atoms with Gasteiger partial charge in [-0.2, -0.15) is 0 Å². The molecule has 112 valence electrons. The highest BCUT2D eigenvalue weighted by atomic mass is 16.6. The van der Waals surface area contributed by atoms with Crippen LogP contribution in [0.3, 0.4) is 0 Å². The summed E-state index contributed by atoms with van der Waals surface area (Å²) < 4.78 is 0. The number of nitro benzene ring substituents is 1. The Bertz CT molecular complexity index is 717. The number of nitrogens with one attached hydrogen (secondary N) is 1. The summed E-state index contributed by atoms with van der Waals surface area (Å²) in [4.78, 5) is 26.1. The number of hydrogen-bond acceptors (Lipinski definition) is 4. The standard InChI is InChI=1S/C16H15N3O3/c1-11-9-12(2)17-15(10-11)18-16(20)8-5-13-3-6-14(7-4-13)19(21)22/h3-10H,1-2H3,(H,17,18,20)/b8-5+. The van der Waals surface area contributed by atoms with Crippen LogP contribution in [0.25, 0.3) is 6.08 Å². The number of aromatic nitrogens is 1. The smallest absolute Gasteiger partial charge is 0.269 e. The lowest BCUT2D eigenvalue weighted by Crippen LogP contribution is -2.09. The van der Waals surface area contributed by atoms with Crippen molar-refractivity contribution in [2.24, 2.45) is 0 Å². The molecule has 1 amide bonds. The van der Waals surface area contributed by atoms with E-state index in [0.29, 0.717) is 11.4 Å². The van der Waals surface area contributed by atoms with E-state index in [1.807, 2.05) is 19.9 Å². The largest absolute Gasteiger partial charge is 0.307 e. The molecule has 1 aromatic carbocycles. The molecule has 0 aliphatic rings. The van der Waals surface area contributed by atoms with Gasteiger partial charge in [-0.1, -0.05) is 0 Å². The summed E-state index contributed by atoms with van der Waals surface area (Å²) in [5.74, 6) is 0.187. The number of amides is 1. The van der Waals surface area contributed by atoms with Crippen molar-refractivity contribution in [3.8, 4) is 0 Å². The van der Waals surface area contributed by atoms with E-state index < -0.39 is 4.92 Å². The maximum atomic E-state index is 11.8. The number of pyridine rings is 1. The third-order valence-corrected chi connectivity index (χ3v) is 2.88. The minimum atomic E-state index is -0.466. The van der Waals surface area contributed by atoms with E-state index in [9.17, 15) is 14.9 Å². The number of anilines is 1. The first kappa shape index (κ1) is 15.4. The topological polar surface area (TPSA) is 85.1 Å². The van der Waals surface area contributed by atoms with Gasteiger partial charge >= 0.3 is 0 Å². The molecule has 0 saturated heterocycles. The molecule has 0 saturated carbocycles. The van der Waals surface area contributed by atoms with E-state index in [1.165, 1.54) is 18.2 Å². The maximum absolute atomic E-state index is 11.8. The Morgan fingerprint density at radius 3 is 2.50 bits per heavy atom. The Morgan fingerprint density at radius 2 is 1.91 bits per heavy atom. The van der Waals surface area contributed by atoms with E-state index in [2.05, 4.69) is 10.3 Å². The molecule has 6 nitrogen and oxygen atoms in total. The van der Waals surface area contributed by atoms with Crippen molar-refractivity contribution in [3.05, 3.63) is 69.4 Å². The fraction of sp³-hybridized carbons (Fsp3) is 0.125. The highest BCUT2D eigenvalue weighted by Gasteiger charge is 2.03. The highest BCUT2D eigenvalue weighted by Crippen LogP contribution is 2.13. The molecule has 1 aromatic heterocycles. The molecule has 0 fully saturated rings.